The lowest BCUT2D eigenvalue weighted by molar-refractivity contribution is -0.153. The number of hydrogen-bond donors (Lipinski definition) is 1. The molecular formula is C9H9F3N2O3. The van der Waals surface area contributed by atoms with Crippen molar-refractivity contribution < 1.29 is 27.8 Å². The van der Waals surface area contributed by atoms with Gasteiger partial charge < -0.3 is 9.84 Å². The molecule has 0 spiro atoms. The first kappa shape index (κ1) is 13.1. The van der Waals surface area contributed by atoms with Crippen LogP contribution >= 0.6 is 0 Å². The molecule has 0 saturated heterocycles. The van der Waals surface area contributed by atoms with E-state index in [1.165, 1.54) is 19.3 Å². The Balaban J connectivity index is 2.76. The Hall–Kier alpha value is -1.99. The number of alkyl halides is 3. The van der Waals surface area contributed by atoms with Crippen molar-refractivity contribution >= 4 is 11.9 Å². The van der Waals surface area contributed by atoms with E-state index in [1.807, 2.05) is 0 Å². The van der Waals surface area contributed by atoms with Gasteiger partial charge in [-0.25, -0.2) is 9.78 Å². The van der Waals surface area contributed by atoms with Crippen molar-refractivity contribution in [2.45, 2.75) is 6.18 Å². The van der Waals surface area contributed by atoms with Gasteiger partial charge in [-0.05, 0) is 6.07 Å². The van der Waals surface area contributed by atoms with E-state index in [1.54, 1.807) is 0 Å². The third kappa shape index (κ3) is 4.17. The van der Waals surface area contributed by atoms with Gasteiger partial charge in [0.15, 0.2) is 6.61 Å². The molecule has 0 atom stereocenters. The Morgan fingerprint density at radius 1 is 1.59 bits per heavy atom. The molecule has 0 aliphatic carbocycles. The van der Waals surface area contributed by atoms with Crippen LogP contribution in [-0.2, 0) is 0 Å². The van der Waals surface area contributed by atoms with Crippen molar-refractivity contribution in [2.24, 2.45) is 0 Å². The van der Waals surface area contributed by atoms with E-state index in [9.17, 15) is 18.0 Å². The summed E-state index contributed by atoms with van der Waals surface area (Å²) < 4.78 is 40.1. The molecule has 94 valence electrons. The molecule has 0 unspecified atom stereocenters. The summed E-state index contributed by atoms with van der Waals surface area (Å²) in [4.78, 5) is 15.0. The molecule has 1 amide bonds. The molecule has 1 aromatic heterocycles. The predicted octanol–water partition coefficient (Wildman–Crippen LogP) is 2.14. The number of carboxylic acid groups (broad SMARTS) is 1. The van der Waals surface area contributed by atoms with E-state index >= 15 is 0 Å². The van der Waals surface area contributed by atoms with Crippen molar-refractivity contribution in [1.82, 2.24) is 4.98 Å². The van der Waals surface area contributed by atoms with Crippen LogP contribution in [0.4, 0.5) is 23.8 Å². The normalized spacial score (nSPS) is 11.1. The van der Waals surface area contributed by atoms with Gasteiger partial charge in [0.05, 0.1) is 0 Å². The molecule has 0 bridgehead atoms. The molecule has 1 rings (SSSR count). The molecule has 1 aromatic rings. The highest BCUT2D eigenvalue weighted by atomic mass is 19.4. The van der Waals surface area contributed by atoms with Crippen LogP contribution in [0, 0.1) is 0 Å². The number of anilines is 1. The third-order valence-corrected chi connectivity index (χ3v) is 1.75. The molecule has 0 radical (unpaired) electrons. The second kappa shape index (κ2) is 4.89. The van der Waals surface area contributed by atoms with Gasteiger partial charge in [-0.2, -0.15) is 13.2 Å². The van der Waals surface area contributed by atoms with Gasteiger partial charge in [-0.3, -0.25) is 4.90 Å². The summed E-state index contributed by atoms with van der Waals surface area (Å²) in [7, 11) is 1.22. The van der Waals surface area contributed by atoms with E-state index in [0.717, 1.165) is 11.0 Å². The summed E-state index contributed by atoms with van der Waals surface area (Å²) >= 11 is 0. The minimum absolute atomic E-state index is 0.0165. The Morgan fingerprint density at radius 2 is 2.24 bits per heavy atom. The summed E-state index contributed by atoms with van der Waals surface area (Å²) in [5, 5.41) is 8.65. The monoisotopic (exact) mass is 250 g/mol. The number of aromatic nitrogens is 1. The lowest BCUT2D eigenvalue weighted by atomic mass is 10.4. The average Bonchev–Trinajstić information content (AvgIpc) is 2.24. The van der Waals surface area contributed by atoms with Gasteiger partial charge >= 0.3 is 12.3 Å². The summed E-state index contributed by atoms with van der Waals surface area (Å²) in [5.74, 6) is -0.113. The molecular weight excluding hydrogens is 241 g/mol. The lowest BCUT2D eigenvalue weighted by Gasteiger charge is -2.13. The fourth-order valence-corrected chi connectivity index (χ4v) is 0.936. The van der Waals surface area contributed by atoms with E-state index in [4.69, 9.17) is 5.11 Å². The van der Waals surface area contributed by atoms with Gasteiger partial charge in [-0.15, -0.1) is 0 Å². The largest absolute Gasteiger partial charge is 0.484 e. The second-order valence-corrected chi connectivity index (χ2v) is 3.10. The predicted molar refractivity (Wildman–Crippen MR) is 52.2 cm³/mol. The van der Waals surface area contributed by atoms with E-state index in [0.29, 0.717) is 0 Å². The first-order valence-corrected chi connectivity index (χ1v) is 4.42. The molecule has 17 heavy (non-hydrogen) atoms. The maximum atomic E-state index is 11.9. The van der Waals surface area contributed by atoms with Crippen molar-refractivity contribution in [2.75, 3.05) is 18.6 Å². The Morgan fingerprint density at radius 3 is 2.76 bits per heavy atom. The smallest absolute Gasteiger partial charge is 0.422 e. The molecule has 1 heterocycles. The molecule has 0 fully saturated rings. The molecule has 0 saturated carbocycles. The number of ether oxygens (including phenoxy) is 1. The maximum Gasteiger partial charge on any atom is 0.422 e. The lowest BCUT2D eigenvalue weighted by Crippen LogP contribution is -2.25. The summed E-state index contributed by atoms with van der Waals surface area (Å²) in [6.45, 7) is -1.44. The molecule has 8 heteroatoms. The van der Waals surface area contributed by atoms with Crippen molar-refractivity contribution in [3.63, 3.8) is 0 Å². The highest BCUT2D eigenvalue weighted by Crippen LogP contribution is 2.21. The van der Waals surface area contributed by atoms with Crippen LogP contribution in [0.3, 0.4) is 0 Å². The number of halogens is 3. The molecule has 5 nitrogen and oxygen atoms in total. The van der Waals surface area contributed by atoms with E-state index in [-0.39, 0.29) is 11.6 Å². The van der Waals surface area contributed by atoms with Gasteiger partial charge in [0, 0.05) is 19.3 Å². The fourth-order valence-electron chi connectivity index (χ4n) is 0.936. The number of carbonyl (C=O) groups is 1. The van der Waals surface area contributed by atoms with Crippen molar-refractivity contribution in [3.8, 4) is 5.75 Å². The minimum Gasteiger partial charge on any atom is -0.484 e. The van der Waals surface area contributed by atoms with Crippen LogP contribution in [-0.4, -0.2) is 36.0 Å². The SMILES string of the molecule is CN(C(=O)O)c1cc(OCC(F)(F)F)ccn1. The van der Waals surface area contributed by atoms with Gasteiger partial charge in [-0.1, -0.05) is 0 Å². The van der Waals surface area contributed by atoms with Crippen molar-refractivity contribution in [3.05, 3.63) is 18.3 Å². The molecule has 0 aliphatic heterocycles. The number of rotatable bonds is 3. The number of amides is 1. The summed E-state index contributed by atoms with van der Waals surface area (Å²) in [5.41, 5.74) is 0. The first-order valence-electron chi connectivity index (χ1n) is 4.42. The topological polar surface area (TPSA) is 62.7 Å². The third-order valence-electron chi connectivity index (χ3n) is 1.75. The Bertz CT molecular complexity index is 409. The van der Waals surface area contributed by atoms with Crippen LogP contribution in [0.25, 0.3) is 0 Å². The zero-order chi connectivity index (χ0) is 13.1. The minimum atomic E-state index is -4.44. The highest BCUT2D eigenvalue weighted by Gasteiger charge is 2.28. The second-order valence-electron chi connectivity index (χ2n) is 3.10. The number of pyridine rings is 1. The van der Waals surface area contributed by atoms with E-state index < -0.39 is 18.9 Å². The fraction of sp³-hybridized carbons (Fsp3) is 0.333. The summed E-state index contributed by atoms with van der Waals surface area (Å²) in [6, 6.07) is 2.32. The van der Waals surface area contributed by atoms with Crippen LogP contribution in [0.1, 0.15) is 0 Å². The van der Waals surface area contributed by atoms with Crippen LogP contribution in [0.2, 0.25) is 0 Å². The molecule has 1 N–H and O–H groups in total. The molecule has 0 aromatic carbocycles. The quantitative estimate of drug-likeness (QED) is 0.892. The molecule has 0 aliphatic rings. The maximum absolute atomic E-state index is 11.9. The highest BCUT2D eigenvalue weighted by molar-refractivity contribution is 5.84. The average molecular weight is 250 g/mol. The van der Waals surface area contributed by atoms with Crippen LogP contribution < -0.4 is 9.64 Å². The van der Waals surface area contributed by atoms with Gasteiger partial charge in [0.2, 0.25) is 0 Å². The van der Waals surface area contributed by atoms with Gasteiger partial charge in [0.25, 0.3) is 0 Å². The zero-order valence-corrected chi connectivity index (χ0v) is 8.73. The Kier molecular flexibility index (Phi) is 3.77. The zero-order valence-electron chi connectivity index (χ0n) is 8.73. The number of nitrogens with zero attached hydrogens (tertiary/aromatic N) is 2. The van der Waals surface area contributed by atoms with E-state index in [2.05, 4.69) is 9.72 Å². The van der Waals surface area contributed by atoms with Gasteiger partial charge in [0.1, 0.15) is 11.6 Å². The Labute approximate surface area is 94.4 Å². The standard InChI is InChI=1S/C9H9F3N2O3/c1-14(8(15)16)7-4-6(2-3-13-7)17-5-9(10,11)12/h2-4H,5H2,1H3,(H,15,16). The number of hydrogen-bond acceptors (Lipinski definition) is 3. The first-order chi connectivity index (χ1) is 7.79. The van der Waals surface area contributed by atoms with Crippen LogP contribution in [0.15, 0.2) is 18.3 Å². The summed E-state index contributed by atoms with van der Waals surface area (Å²) in [6.07, 6.45) is -4.55. The van der Waals surface area contributed by atoms with Crippen molar-refractivity contribution in [1.29, 1.82) is 0 Å². The van der Waals surface area contributed by atoms with Crippen LogP contribution in [0.5, 0.6) is 5.75 Å².